The van der Waals surface area contributed by atoms with Crippen LogP contribution in [-0.2, 0) is 10.2 Å². The molecule has 1 aliphatic carbocycles. The number of rotatable bonds is 3. The maximum absolute atomic E-state index is 10.6. The Morgan fingerprint density at radius 3 is 2.31 bits per heavy atom. The molecule has 6 heteroatoms. The lowest BCUT2D eigenvalue weighted by atomic mass is 9.88. The van der Waals surface area contributed by atoms with Crippen LogP contribution in [0.15, 0.2) is 0 Å². The minimum atomic E-state index is -3.55. The Labute approximate surface area is 78.5 Å². The molecule has 13 heavy (non-hydrogen) atoms. The minimum absolute atomic E-state index is 0.203. The molecule has 1 fully saturated rings. The van der Waals surface area contributed by atoms with Crippen LogP contribution in [0.3, 0.4) is 0 Å². The summed E-state index contributed by atoms with van der Waals surface area (Å²) in [4.78, 5) is 0. The molecule has 0 spiro atoms. The zero-order valence-corrected chi connectivity index (χ0v) is 8.26. The number of hydrogen-bond acceptors (Lipinski definition) is 3. The summed E-state index contributed by atoms with van der Waals surface area (Å²) in [5, 5.41) is 14.0. The van der Waals surface area contributed by atoms with Gasteiger partial charge in [0.05, 0.1) is 6.10 Å². The quantitative estimate of drug-likeness (QED) is 0.574. The summed E-state index contributed by atoms with van der Waals surface area (Å²) in [5.74, 6) is 0.321. The fourth-order valence-corrected chi connectivity index (χ4v) is 2.05. The molecule has 0 aromatic rings. The summed E-state index contributed by atoms with van der Waals surface area (Å²) in [5.41, 5.74) is 0. The molecule has 78 valence electrons. The second-order valence-electron chi connectivity index (χ2n) is 3.57. The van der Waals surface area contributed by atoms with E-state index in [-0.39, 0.29) is 6.10 Å². The Kier molecular flexibility index (Phi) is 3.66. The Morgan fingerprint density at radius 2 is 1.85 bits per heavy atom. The average molecular weight is 208 g/mol. The highest BCUT2D eigenvalue weighted by Gasteiger charge is 2.19. The number of aliphatic hydroxyl groups is 1. The fourth-order valence-electron chi connectivity index (χ4n) is 1.58. The molecule has 4 N–H and O–H groups in total. The minimum Gasteiger partial charge on any atom is -0.393 e. The molecule has 1 saturated carbocycles. The number of nitrogens with one attached hydrogen (secondary N) is 1. The standard InChI is InChI=1S/C7H16N2O3S/c8-13(11,12)9-5-6-1-3-7(10)4-2-6/h6-7,9-10H,1-5H2,(H2,8,11,12). The van der Waals surface area contributed by atoms with Crippen molar-refractivity contribution in [3.63, 3.8) is 0 Å². The summed E-state index contributed by atoms with van der Waals surface area (Å²) in [6.45, 7) is 0.394. The van der Waals surface area contributed by atoms with E-state index in [0.29, 0.717) is 12.5 Å². The first-order valence-electron chi connectivity index (χ1n) is 4.43. The van der Waals surface area contributed by atoms with Crippen molar-refractivity contribution in [1.29, 1.82) is 0 Å². The summed E-state index contributed by atoms with van der Waals surface area (Å²) in [7, 11) is -3.55. The molecule has 0 heterocycles. The maximum Gasteiger partial charge on any atom is 0.274 e. The lowest BCUT2D eigenvalue weighted by Gasteiger charge is -2.24. The molecule has 0 amide bonds. The maximum atomic E-state index is 10.6. The van der Waals surface area contributed by atoms with Gasteiger partial charge in [0.2, 0.25) is 0 Å². The fraction of sp³-hybridized carbons (Fsp3) is 1.00. The average Bonchev–Trinajstić information content (AvgIpc) is 2.02. The van der Waals surface area contributed by atoms with E-state index in [9.17, 15) is 13.5 Å². The first kappa shape index (κ1) is 10.9. The van der Waals surface area contributed by atoms with Gasteiger partial charge in [-0.2, -0.15) is 8.42 Å². The molecule has 0 aliphatic heterocycles. The van der Waals surface area contributed by atoms with Gasteiger partial charge in [-0.15, -0.1) is 0 Å². The van der Waals surface area contributed by atoms with Gasteiger partial charge in [-0.1, -0.05) is 0 Å². The Bertz CT molecular complexity index is 244. The first-order valence-corrected chi connectivity index (χ1v) is 5.97. The van der Waals surface area contributed by atoms with E-state index >= 15 is 0 Å². The van der Waals surface area contributed by atoms with Crippen molar-refractivity contribution in [3.8, 4) is 0 Å². The van der Waals surface area contributed by atoms with Gasteiger partial charge in [0, 0.05) is 6.54 Å². The monoisotopic (exact) mass is 208 g/mol. The SMILES string of the molecule is NS(=O)(=O)NCC1CCC(O)CC1. The van der Waals surface area contributed by atoms with E-state index < -0.39 is 10.2 Å². The Morgan fingerprint density at radius 1 is 1.31 bits per heavy atom. The third-order valence-electron chi connectivity index (χ3n) is 2.39. The molecule has 1 aliphatic rings. The van der Waals surface area contributed by atoms with Gasteiger partial charge in [0.15, 0.2) is 0 Å². The van der Waals surface area contributed by atoms with E-state index in [2.05, 4.69) is 4.72 Å². The topological polar surface area (TPSA) is 92.4 Å². The highest BCUT2D eigenvalue weighted by Crippen LogP contribution is 2.23. The van der Waals surface area contributed by atoms with Gasteiger partial charge in [-0.3, -0.25) is 0 Å². The van der Waals surface area contributed by atoms with Crippen LogP contribution in [-0.4, -0.2) is 26.2 Å². The summed E-state index contributed by atoms with van der Waals surface area (Å²) >= 11 is 0. The molecule has 0 unspecified atom stereocenters. The zero-order valence-electron chi connectivity index (χ0n) is 7.44. The zero-order chi connectivity index (χ0) is 9.90. The normalized spacial score (nSPS) is 30.3. The van der Waals surface area contributed by atoms with Gasteiger partial charge in [-0.05, 0) is 31.6 Å². The number of nitrogens with two attached hydrogens (primary N) is 1. The van der Waals surface area contributed by atoms with Gasteiger partial charge >= 0.3 is 0 Å². The molecule has 0 atom stereocenters. The van der Waals surface area contributed by atoms with Crippen molar-refractivity contribution in [2.45, 2.75) is 31.8 Å². The van der Waals surface area contributed by atoms with Crippen LogP contribution in [0.25, 0.3) is 0 Å². The molecule has 0 aromatic heterocycles. The van der Waals surface area contributed by atoms with Gasteiger partial charge in [0.25, 0.3) is 10.2 Å². The molecule has 5 nitrogen and oxygen atoms in total. The highest BCUT2D eigenvalue weighted by atomic mass is 32.2. The third kappa shape index (κ3) is 4.56. The van der Waals surface area contributed by atoms with E-state index in [1.807, 2.05) is 0 Å². The van der Waals surface area contributed by atoms with Gasteiger partial charge in [0.1, 0.15) is 0 Å². The molecule has 0 aromatic carbocycles. The van der Waals surface area contributed by atoms with Crippen LogP contribution < -0.4 is 9.86 Å². The van der Waals surface area contributed by atoms with Crippen LogP contribution in [0, 0.1) is 5.92 Å². The van der Waals surface area contributed by atoms with Crippen LogP contribution in [0.4, 0.5) is 0 Å². The smallest absolute Gasteiger partial charge is 0.274 e. The largest absolute Gasteiger partial charge is 0.393 e. The third-order valence-corrected chi connectivity index (χ3v) is 2.96. The van der Waals surface area contributed by atoms with E-state index in [1.165, 1.54) is 0 Å². The van der Waals surface area contributed by atoms with Crippen molar-refractivity contribution in [1.82, 2.24) is 4.72 Å². The summed E-state index contributed by atoms with van der Waals surface area (Å²) in [6, 6.07) is 0. The first-order chi connectivity index (χ1) is 5.97. The van der Waals surface area contributed by atoms with Crippen molar-refractivity contribution in [3.05, 3.63) is 0 Å². The van der Waals surface area contributed by atoms with E-state index in [4.69, 9.17) is 5.14 Å². The summed E-state index contributed by atoms with van der Waals surface area (Å²) in [6.07, 6.45) is 3.05. The molecule has 0 bridgehead atoms. The lowest BCUT2D eigenvalue weighted by Crippen LogP contribution is -2.36. The van der Waals surface area contributed by atoms with Crippen LogP contribution in [0.5, 0.6) is 0 Å². The second-order valence-corrected chi connectivity index (χ2v) is 4.95. The predicted octanol–water partition coefficient (Wildman–Crippen LogP) is -0.669. The number of hydrogen-bond donors (Lipinski definition) is 3. The Hall–Kier alpha value is -0.170. The van der Waals surface area contributed by atoms with E-state index in [1.54, 1.807) is 0 Å². The van der Waals surface area contributed by atoms with Gasteiger partial charge in [-0.25, -0.2) is 9.86 Å². The van der Waals surface area contributed by atoms with E-state index in [0.717, 1.165) is 25.7 Å². The summed E-state index contributed by atoms with van der Waals surface area (Å²) < 4.78 is 23.4. The molecular weight excluding hydrogens is 192 g/mol. The van der Waals surface area contributed by atoms with Crippen molar-refractivity contribution < 1.29 is 13.5 Å². The predicted molar refractivity (Wildman–Crippen MR) is 49.1 cm³/mol. The lowest BCUT2D eigenvalue weighted by molar-refractivity contribution is 0.110. The molecule has 0 saturated heterocycles. The van der Waals surface area contributed by atoms with Crippen LogP contribution in [0.1, 0.15) is 25.7 Å². The van der Waals surface area contributed by atoms with Crippen LogP contribution in [0.2, 0.25) is 0 Å². The van der Waals surface area contributed by atoms with Crippen molar-refractivity contribution in [2.24, 2.45) is 11.1 Å². The van der Waals surface area contributed by atoms with Crippen LogP contribution >= 0.6 is 0 Å². The van der Waals surface area contributed by atoms with Crippen molar-refractivity contribution >= 4 is 10.2 Å². The second kappa shape index (κ2) is 4.36. The van der Waals surface area contributed by atoms with Gasteiger partial charge < -0.3 is 5.11 Å². The molecule has 0 radical (unpaired) electrons. The van der Waals surface area contributed by atoms with Crippen molar-refractivity contribution in [2.75, 3.05) is 6.54 Å². The highest BCUT2D eigenvalue weighted by molar-refractivity contribution is 7.87. The Balaban J connectivity index is 2.24. The number of aliphatic hydroxyl groups excluding tert-OH is 1. The molecular formula is C7H16N2O3S. The molecule has 1 rings (SSSR count).